The van der Waals surface area contributed by atoms with E-state index in [0.29, 0.717) is 0 Å². The molecule has 0 saturated carbocycles. The van der Waals surface area contributed by atoms with E-state index in [1.807, 2.05) is 37.3 Å². The average Bonchev–Trinajstić information content (AvgIpc) is 2.39. The number of hydrogen-bond donors (Lipinski definition) is 0. The van der Waals surface area contributed by atoms with Crippen LogP contribution in [0.1, 0.15) is 42.6 Å². The number of hydrogen-bond acceptors (Lipinski definition) is 1. The van der Waals surface area contributed by atoms with Crippen LogP contribution in [0.15, 0.2) is 36.4 Å². The molecule has 0 saturated heterocycles. The maximum Gasteiger partial charge on any atom is 0.166 e. The number of carbonyl (C=O) groups is 1. The molecule has 0 fully saturated rings. The summed E-state index contributed by atoms with van der Waals surface area (Å²) in [6.07, 6.45) is 2.01. The van der Waals surface area contributed by atoms with Crippen LogP contribution in [0.4, 0.5) is 0 Å². The number of Topliss-reactive ketones (excluding diaryl/α,β-unsaturated/α-hetero) is 1. The summed E-state index contributed by atoms with van der Waals surface area (Å²) < 4.78 is 0. The van der Waals surface area contributed by atoms with Crippen molar-refractivity contribution in [3.63, 3.8) is 0 Å². The van der Waals surface area contributed by atoms with Gasteiger partial charge < -0.3 is 0 Å². The molecular weight excluding hydrogens is 220 g/mol. The molecule has 0 aliphatic rings. The molecule has 2 aromatic carbocycles. The second-order valence-corrected chi connectivity index (χ2v) is 5.03. The zero-order valence-electron chi connectivity index (χ0n) is 11.4. The normalized spacial score (nSPS) is 12.6. The second kappa shape index (κ2) is 5.34. The van der Waals surface area contributed by atoms with E-state index < -0.39 is 0 Å². The van der Waals surface area contributed by atoms with Crippen molar-refractivity contribution >= 4 is 16.6 Å². The van der Waals surface area contributed by atoms with Gasteiger partial charge in [0.1, 0.15) is 0 Å². The molecule has 0 N–H and O–H groups in total. The molecule has 0 radical (unpaired) electrons. The fourth-order valence-electron chi connectivity index (χ4n) is 2.49. The van der Waals surface area contributed by atoms with Crippen molar-refractivity contribution in [3.8, 4) is 0 Å². The highest BCUT2D eigenvalue weighted by Gasteiger charge is 2.16. The van der Waals surface area contributed by atoms with Crippen LogP contribution >= 0.6 is 0 Å². The van der Waals surface area contributed by atoms with Crippen molar-refractivity contribution in [3.05, 3.63) is 47.5 Å². The summed E-state index contributed by atoms with van der Waals surface area (Å²) in [4.78, 5) is 12.5. The second-order valence-electron chi connectivity index (χ2n) is 5.03. The third kappa shape index (κ3) is 2.31. The first-order valence-electron chi connectivity index (χ1n) is 6.67. The van der Waals surface area contributed by atoms with Crippen LogP contribution in [0.3, 0.4) is 0 Å². The number of fused-ring (bicyclic) bond motifs is 1. The topological polar surface area (TPSA) is 17.1 Å². The van der Waals surface area contributed by atoms with E-state index in [4.69, 9.17) is 0 Å². The van der Waals surface area contributed by atoms with Crippen LogP contribution in [-0.2, 0) is 0 Å². The molecule has 0 aliphatic carbocycles. The van der Waals surface area contributed by atoms with Gasteiger partial charge in [-0.3, -0.25) is 4.79 Å². The van der Waals surface area contributed by atoms with Gasteiger partial charge in [0.05, 0.1) is 0 Å². The van der Waals surface area contributed by atoms with Gasteiger partial charge in [-0.2, -0.15) is 0 Å². The third-order valence-corrected chi connectivity index (χ3v) is 3.58. The Kier molecular flexibility index (Phi) is 3.81. The Morgan fingerprint density at radius 1 is 1.11 bits per heavy atom. The minimum absolute atomic E-state index is 0.112. The molecule has 0 spiro atoms. The molecule has 0 amide bonds. The fourth-order valence-corrected chi connectivity index (χ4v) is 2.49. The summed E-state index contributed by atoms with van der Waals surface area (Å²) in [5.41, 5.74) is 2.10. The predicted molar refractivity (Wildman–Crippen MR) is 77.1 cm³/mol. The largest absolute Gasteiger partial charge is 0.294 e. The number of rotatable bonds is 4. The lowest BCUT2D eigenvalue weighted by Gasteiger charge is -2.12. The van der Waals surface area contributed by atoms with Gasteiger partial charge >= 0.3 is 0 Å². The maximum absolute atomic E-state index is 12.5. The van der Waals surface area contributed by atoms with Crippen LogP contribution in [-0.4, -0.2) is 5.78 Å². The van der Waals surface area contributed by atoms with E-state index in [-0.39, 0.29) is 11.7 Å². The zero-order chi connectivity index (χ0) is 13.1. The predicted octanol–water partition coefficient (Wildman–Crippen LogP) is 4.77. The smallest absolute Gasteiger partial charge is 0.166 e. The maximum atomic E-state index is 12.5. The average molecular weight is 240 g/mol. The first-order chi connectivity index (χ1) is 8.65. The molecule has 2 aromatic rings. The molecule has 0 bridgehead atoms. The van der Waals surface area contributed by atoms with Crippen LogP contribution < -0.4 is 0 Å². The molecule has 1 unspecified atom stereocenters. The van der Waals surface area contributed by atoms with Crippen LogP contribution in [0.2, 0.25) is 0 Å². The van der Waals surface area contributed by atoms with E-state index in [1.54, 1.807) is 0 Å². The fraction of sp³-hybridized carbons (Fsp3) is 0.353. The van der Waals surface area contributed by atoms with Crippen LogP contribution in [0.5, 0.6) is 0 Å². The van der Waals surface area contributed by atoms with Crippen molar-refractivity contribution in [2.45, 2.75) is 33.6 Å². The van der Waals surface area contributed by atoms with E-state index >= 15 is 0 Å². The molecule has 0 heterocycles. The van der Waals surface area contributed by atoms with Gasteiger partial charge in [0, 0.05) is 11.5 Å². The summed E-state index contributed by atoms with van der Waals surface area (Å²) in [5.74, 6) is 0.383. The van der Waals surface area contributed by atoms with Crippen molar-refractivity contribution in [1.82, 2.24) is 0 Å². The van der Waals surface area contributed by atoms with Crippen molar-refractivity contribution in [2.75, 3.05) is 0 Å². The Morgan fingerprint density at radius 2 is 1.78 bits per heavy atom. The Morgan fingerprint density at radius 3 is 2.44 bits per heavy atom. The van der Waals surface area contributed by atoms with Crippen molar-refractivity contribution in [2.24, 2.45) is 5.92 Å². The molecule has 1 heteroatoms. The number of benzene rings is 2. The first kappa shape index (κ1) is 12.8. The van der Waals surface area contributed by atoms with E-state index in [1.165, 1.54) is 10.9 Å². The van der Waals surface area contributed by atoms with Gasteiger partial charge in [0.2, 0.25) is 0 Å². The molecule has 0 aliphatic heterocycles. The van der Waals surface area contributed by atoms with Gasteiger partial charge in [0.25, 0.3) is 0 Å². The van der Waals surface area contributed by atoms with Crippen molar-refractivity contribution in [1.29, 1.82) is 0 Å². The summed E-state index contributed by atoms with van der Waals surface area (Å²) in [7, 11) is 0. The van der Waals surface area contributed by atoms with E-state index in [9.17, 15) is 4.79 Å². The van der Waals surface area contributed by atoms with Gasteiger partial charge in [-0.05, 0) is 29.7 Å². The van der Waals surface area contributed by atoms with Crippen LogP contribution in [0.25, 0.3) is 10.8 Å². The lowest BCUT2D eigenvalue weighted by atomic mass is 9.91. The molecule has 94 valence electrons. The van der Waals surface area contributed by atoms with Crippen LogP contribution in [0, 0.1) is 12.8 Å². The lowest BCUT2D eigenvalue weighted by molar-refractivity contribution is 0.0925. The number of aryl methyl sites for hydroxylation is 1. The summed E-state index contributed by atoms with van der Waals surface area (Å²) >= 11 is 0. The van der Waals surface area contributed by atoms with Gasteiger partial charge in [-0.25, -0.2) is 0 Å². The Bertz CT molecular complexity index is 569. The zero-order valence-corrected chi connectivity index (χ0v) is 11.4. The third-order valence-electron chi connectivity index (χ3n) is 3.58. The number of carbonyl (C=O) groups excluding carboxylic acids is 1. The highest BCUT2D eigenvalue weighted by atomic mass is 16.1. The first-order valence-corrected chi connectivity index (χ1v) is 6.67. The van der Waals surface area contributed by atoms with E-state index in [0.717, 1.165) is 23.8 Å². The molecule has 18 heavy (non-hydrogen) atoms. The SMILES string of the molecule is CCCC(C)C(=O)c1ccc(C)c2ccccc12. The lowest BCUT2D eigenvalue weighted by Crippen LogP contribution is -2.11. The quantitative estimate of drug-likeness (QED) is 0.704. The van der Waals surface area contributed by atoms with Gasteiger partial charge in [-0.1, -0.05) is 56.7 Å². The number of ketones is 1. The minimum atomic E-state index is 0.112. The minimum Gasteiger partial charge on any atom is -0.294 e. The Balaban J connectivity index is 2.52. The summed E-state index contributed by atoms with van der Waals surface area (Å²) in [6, 6.07) is 12.2. The summed E-state index contributed by atoms with van der Waals surface area (Å²) in [6.45, 7) is 6.24. The molecular formula is C17H20O. The molecule has 2 rings (SSSR count). The Labute approximate surface area is 109 Å². The highest BCUT2D eigenvalue weighted by molar-refractivity contribution is 6.09. The molecule has 1 atom stereocenters. The Hall–Kier alpha value is -1.63. The standard InChI is InChI=1S/C17H20O/c1-4-7-13(3)17(18)16-11-10-12(2)14-8-5-6-9-15(14)16/h5-6,8-11,13H,4,7H2,1-3H3. The molecule has 0 aromatic heterocycles. The summed E-state index contributed by atoms with van der Waals surface area (Å²) in [5, 5.41) is 2.28. The highest BCUT2D eigenvalue weighted by Crippen LogP contribution is 2.25. The molecule has 1 nitrogen and oxygen atoms in total. The monoisotopic (exact) mass is 240 g/mol. The van der Waals surface area contributed by atoms with Gasteiger partial charge in [-0.15, -0.1) is 0 Å². The van der Waals surface area contributed by atoms with Crippen molar-refractivity contribution < 1.29 is 4.79 Å². The van der Waals surface area contributed by atoms with E-state index in [2.05, 4.69) is 19.9 Å². The van der Waals surface area contributed by atoms with Gasteiger partial charge in [0.15, 0.2) is 5.78 Å².